The summed E-state index contributed by atoms with van der Waals surface area (Å²) in [6.45, 7) is 7.40. The molecule has 8 nitrogen and oxygen atoms in total. The molecular weight excluding hydrogens is 308 g/mol. The number of rotatable bonds is 4. The third kappa shape index (κ3) is 10.0. The molecule has 0 aliphatic carbocycles. The van der Waals surface area contributed by atoms with Crippen LogP contribution in [0.25, 0.3) is 0 Å². The molecule has 0 saturated carbocycles. The van der Waals surface area contributed by atoms with E-state index in [9.17, 15) is 19.2 Å². The number of aliphatic carboxylic acids is 2. The predicted octanol–water partition coefficient (Wildman–Crippen LogP) is 1.91. The van der Waals surface area contributed by atoms with Crippen LogP contribution in [0.5, 0.6) is 0 Å². The monoisotopic (exact) mass is 324 g/mol. The highest BCUT2D eigenvalue weighted by Crippen LogP contribution is 2.13. The largest absolute Gasteiger partial charge is 0.478 e. The van der Waals surface area contributed by atoms with E-state index in [-0.39, 0.29) is 16.7 Å². The SMILES string of the molecule is C=CC(=O)O.C=CC(=O)O.Cc1c(C(=O)O)cccc1C(=O)O. The number of aromatic carboxylic acids is 2. The quantitative estimate of drug-likeness (QED) is 0.613. The van der Waals surface area contributed by atoms with E-state index in [4.69, 9.17) is 20.4 Å². The van der Waals surface area contributed by atoms with Crippen LogP contribution in [0.3, 0.4) is 0 Å². The van der Waals surface area contributed by atoms with Crippen molar-refractivity contribution in [3.63, 3.8) is 0 Å². The summed E-state index contributed by atoms with van der Waals surface area (Å²) in [6.07, 6.45) is 1.67. The van der Waals surface area contributed by atoms with Gasteiger partial charge in [0.25, 0.3) is 0 Å². The molecule has 8 heteroatoms. The Labute approximate surface area is 131 Å². The Hall–Kier alpha value is -3.42. The Morgan fingerprint density at radius 2 is 1.09 bits per heavy atom. The zero-order valence-corrected chi connectivity index (χ0v) is 12.2. The van der Waals surface area contributed by atoms with Gasteiger partial charge in [-0.2, -0.15) is 0 Å². The van der Waals surface area contributed by atoms with Gasteiger partial charge in [0.15, 0.2) is 0 Å². The molecular formula is C15H16O8. The Kier molecular flexibility index (Phi) is 10.7. The van der Waals surface area contributed by atoms with Crippen molar-refractivity contribution in [2.45, 2.75) is 6.92 Å². The van der Waals surface area contributed by atoms with Crippen LogP contribution in [0, 0.1) is 6.92 Å². The summed E-state index contributed by atoms with van der Waals surface area (Å²) < 4.78 is 0. The second-order valence-corrected chi connectivity index (χ2v) is 3.67. The topological polar surface area (TPSA) is 149 Å². The normalized spacial score (nSPS) is 8.22. The van der Waals surface area contributed by atoms with Gasteiger partial charge < -0.3 is 20.4 Å². The standard InChI is InChI=1S/C9H8O4.2C3H4O2/c1-5-6(8(10)11)3-2-4-7(5)9(12)13;2*1-2-3(4)5/h2-4H,1H3,(H,10,11)(H,12,13);2*2H,1H2,(H,4,5). The zero-order valence-electron chi connectivity index (χ0n) is 12.2. The van der Waals surface area contributed by atoms with Crippen molar-refractivity contribution < 1.29 is 39.6 Å². The van der Waals surface area contributed by atoms with Gasteiger partial charge in [0.05, 0.1) is 11.1 Å². The van der Waals surface area contributed by atoms with Crippen molar-refractivity contribution in [3.05, 3.63) is 60.2 Å². The molecule has 0 radical (unpaired) electrons. The number of carboxylic acids is 4. The molecule has 0 aliphatic heterocycles. The number of hydrogen-bond donors (Lipinski definition) is 4. The fourth-order valence-corrected chi connectivity index (χ4v) is 1.10. The lowest BCUT2D eigenvalue weighted by atomic mass is 10.0. The Balaban J connectivity index is 0. The average molecular weight is 324 g/mol. The van der Waals surface area contributed by atoms with Crippen LogP contribution in [0.4, 0.5) is 0 Å². The molecule has 0 fully saturated rings. The molecule has 1 aromatic carbocycles. The van der Waals surface area contributed by atoms with Crippen LogP contribution < -0.4 is 0 Å². The highest BCUT2D eigenvalue weighted by atomic mass is 16.4. The maximum atomic E-state index is 10.6. The van der Waals surface area contributed by atoms with E-state index in [0.29, 0.717) is 0 Å². The van der Waals surface area contributed by atoms with Gasteiger partial charge in [-0.05, 0) is 24.6 Å². The predicted molar refractivity (Wildman–Crippen MR) is 80.8 cm³/mol. The molecule has 0 amide bonds. The molecule has 124 valence electrons. The van der Waals surface area contributed by atoms with Crippen molar-refractivity contribution in [2.75, 3.05) is 0 Å². The van der Waals surface area contributed by atoms with E-state index >= 15 is 0 Å². The van der Waals surface area contributed by atoms with E-state index in [1.807, 2.05) is 0 Å². The van der Waals surface area contributed by atoms with Crippen molar-refractivity contribution in [2.24, 2.45) is 0 Å². The number of carbonyl (C=O) groups is 4. The van der Waals surface area contributed by atoms with Gasteiger partial charge in [0, 0.05) is 12.2 Å². The summed E-state index contributed by atoms with van der Waals surface area (Å²) in [5.74, 6) is -4.18. The van der Waals surface area contributed by atoms with Gasteiger partial charge in [0.2, 0.25) is 0 Å². The van der Waals surface area contributed by atoms with E-state index in [1.54, 1.807) is 0 Å². The first-order valence-corrected chi connectivity index (χ1v) is 5.85. The lowest BCUT2D eigenvalue weighted by Gasteiger charge is -2.03. The minimum atomic E-state index is -1.11. The average Bonchev–Trinajstić information content (AvgIpc) is 2.47. The highest BCUT2D eigenvalue weighted by Gasteiger charge is 2.13. The Bertz CT molecular complexity index is 566. The van der Waals surface area contributed by atoms with Gasteiger partial charge in [-0.25, -0.2) is 19.2 Å². The fraction of sp³-hybridized carbons (Fsp3) is 0.0667. The first kappa shape index (κ1) is 21.9. The number of benzene rings is 1. The number of carboxylic acid groups (broad SMARTS) is 4. The second-order valence-electron chi connectivity index (χ2n) is 3.67. The van der Waals surface area contributed by atoms with Gasteiger partial charge in [-0.15, -0.1) is 0 Å². The molecule has 0 aromatic heterocycles. The third-order valence-electron chi connectivity index (χ3n) is 2.14. The van der Waals surface area contributed by atoms with Crippen molar-refractivity contribution in [1.29, 1.82) is 0 Å². The fourth-order valence-electron chi connectivity index (χ4n) is 1.10. The minimum Gasteiger partial charge on any atom is -0.478 e. The molecule has 23 heavy (non-hydrogen) atoms. The molecule has 0 saturated heterocycles. The van der Waals surface area contributed by atoms with Crippen LogP contribution in [-0.2, 0) is 9.59 Å². The summed E-state index contributed by atoms with van der Waals surface area (Å²) >= 11 is 0. The van der Waals surface area contributed by atoms with Gasteiger partial charge >= 0.3 is 23.9 Å². The minimum absolute atomic E-state index is 0.0277. The maximum Gasteiger partial charge on any atom is 0.335 e. The molecule has 0 spiro atoms. The van der Waals surface area contributed by atoms with E-state index < -0.39 is 23.9 Å². The van der Waals surface area contributed by atoms with Crippen molar-refractivity contribution >= 4 is 23.9 Å². The maximum absolute atomic E-state index is 10.6. The summed E-state index contributed by atoms with van der Waals surface area (Å²) in [6, 6.07) is 4.17. The lowest BCUT2D eigenvalue weighted by Crippen LogP contribution is -2.06. The van der Waals surface area contributed by atoms with Crippen LogP contribution >= 0.6 is 0 Å². The zero-order chi connectivity index (χ0) is 18.6. The smallest absolute Gasteiger partial charge is 0.335 e. The highest BCUT2D eigenvalue weighted by molar-refractivity contribution is 5.96. The third-order valence-corrected chi connectivity index (χ3v) is 2.14. The van der Waals surface area contributed by atoms with Crippen LogP contribution in [0.2, 0.25) is 0 Å². The van der Waals surface area contributed by atoms with E-state index in [0.717, 1.165) is 12.2 Å². The summed E-state index contributed by atoms with van der Waals surface area (Å²) in [4.78, 5) is 39.7. The molecule has 0 aliphatic rings. The molecule has 0 unspecified atom stereocenters. The van der Waals surface area contributed by atoms with Crippen LogP contribution in [0.15, 0.2) is 43.5 Å². The first-order chi connectivity index (χ1) is 10.6. The summed E-state index contributed by atoms with van der Waals surface area (Å²) in [5, 5.41) is 32.6. The van der Waals surface area contributed by atoms with Crippen LogP contribution in [0.1, 0.15) is 26.3 Å². The van der Waals surface area contributed by atoms with Gasteiger partial charge in [-0.3, -0.25) is 0 Å². The molecule has 1 rings (SSSR count). The molecule has 0 bridgehead atoms. The van der Waals surface area contributed by atoms with Crippen molar-refractivity contribution in [3.8, 4) is 0 Å². The van der Waals surface area contributed by atoms with Crippen molar-refractivity contribution in [1.82, 2.24) is 0 Å². The Morgan fingerprint density at radius 3 is 1.26 bits per heavy atom. The van der Waals surface area contributed by atoms with Gasteiger partial charge in [0.1, 0.15) is 0 Å². The first-order valence-electron chi connectivity index (χ1n) is 5.85. The molecule has 0 atom stereocenters. The molecule has 1 aromatic rings. The summed E-state index contributed by atoms with van der Waals surface area (Å²) in [7, 11) is 0. The Morgan fingerprint density at radius 1 is 0.826 bits per heavy atom. The number of hydrogen-bond acceptors (Lipinski definition) is 4. The van der Waals surface area contributed by atoms with E-state index in [2.05, 4.69) is 13.2 Å². The molecule has 4 N–H and O–H groups in total. The summed E-state index contributed by atoms with van der Waals surface area (Å²) in [5.41, 5.74) is 0.335. The van der Waals surface area contributed by atoms with E-state index in [1.165, 1.54) is 25.1 Å². The van der Waals surface area contributed by atoms with Gasteiger partial charge in [-0.1, -0.05) is 19.2 Å². The van der Waals surface area contributed by atoms with Crippen LogP contribution in [-0.4, -0.2) is 44.3 Å². The lowest BCUT2D eigenvalue weighted by molar-refractivity contribution is -0.132. The molecule has 0 heterocycles. The second kappa shape index (κ2) is 11.3.